The SMILES string of the molecule is Cc1nc(-c2ccc(C)c(S(=O)(=O)N3CCC[C@@H](C(=O)NC4CCCCC4)C3)c2)no1. The van der Waals surface area contributed by atoms with Crippen LogP contribution in [0.15, 0.2) is 27.6 Å². The number of carbonyl (C=O) groups excluding carboxylic acids is 1. The number of aryl methyl sites for hydroxylation is 2. The lowest BCUT2D eigenvalue weighted by molar-refractivity contribution is -0.127. The van der Waals surface area contributed by atoms with Crippen LogP contribution in [0.5, 0.6) is 0 Å². The predicted octanol–water partition coefficient (Wildman–Crippen LogP) is 3.20. The first kappa shape index (κ1) is 22.0. The van der Waals surface area contributed by atoms with Gasteiger partial charge in [-0.15, -0.1) is 0 Å². The minimum atomic E-state index is -3.75. The minimum Gasteiger partial charge on any atom is -0.353 e. The van der Waals surface area contributed by atoms with Gasteiger partial charge in [-0.05, 0) is 44.2 Å². The maximum atomic E-state index is 13.5. The highest BCUT2D eigenvalue weighted by molar-refractivity contribution is 7.89. The maximum Gasteiger partial charge on any atom is 0.243 e. The molecular formula is C22H30N4O4S. The molecule has 4 rings (SSSR count). The summed E-state index contributed by atoms with van der Waals surface area (Å²) in [5.41, 5.74) is 1.24. The molecule has 2 aromatic rings. The fraction of sp³-hybridized carbons (Fsp3) is 0.591. The molecule has 2 fully saturated rings. The number of piperidine rings is 1. The van der Waals surface area contributed by atoms with E-state index >= 15 is 0 Å². The number of hydrogen-bond acceptors (Lipinski definition) is 6. The molecule has 1 aliphatic heterocycles. The molecule has 0 unspecified atom stereocenters. The van der Waals surface area contributed by atoms with Crippen molar-refractivity contribution in [2.24, 2.45) is 5.92 Å². The lowest BCUT2D eigenvalue weighted by atomic mass is 9.93. The third-order valence-corrected chi connectivity index (χ3v) is 8.31. The van der Waals surface area contributed by atoms with Crippen LogP contribution in [0.25, 0.3) is 11.4 Å². The van der Waals surface area contributed by atoms with E-state index in [0.717, 1.165) is 25.7 Å². The third-order valence-electron chi connectivity index (χ3n) is 6.30. The largest absolute Gasteiger partial charge is 0.353 e. The van der Waals surface area contributed by atoms with Gasteiger partial charge in [0.1, 0.15) is 0 Å². The van der Waals surface area contributed by atoms with Gasteiger partial charge in [0.2, 0.25) is 27.6 Å². The molecular weight excluding hydrogens is 416 g/mol. The van der Waals surface area contributed by atoms with Gasteiger partial charge >= 0.3 is 0 Å². The van der Waals surface area contributed by atoms with Crippen molar-refractivity contribution in [2.45, 2.75) is 69.7 Å². The Kier molecular flexibility index (Phi) is 6.43. The number of amides is 1. The summed E-state index contributed by atoms with van der Waals surface area (Å²) in [6, 6.07) is 5.37. The third kappa shape index (κ3) is 4.82. The van der Waals surface area contributed by atoms with Crippen LogP contribution in [-0.4, -0.2) is 47.9 Å². The molecule has 168 valence electrons. The standard InChI is InChI=1S/C22H30N4O4S/c1-15-10-11-17(21-23-16(2)30-25-21)13-20(15)31(28,29)26-12-6-7-18(14-26)22(27)24-19-8-4-3-5-9-19/h10-11,13,18-19H,3-9,12,14H2,1-2H3,(H,24,27)/t18-/m1/s1. The molecule has 2 aliphatic rings. The van der Waals surface area contributed by atoms with Crippen LogP contribution in [0.3, 0.4) is 0 Å². The van der Waals surface area contributed by atoms with Crippen molar-refractivity contribution >= 4 is 15.9 Å². The predicted molar refractivity (Wildman–Crippen MR) is 116 cm³/mol. The molecule has 1 atom stereocenters. The number of benzene rings is 1. The zero-order valence-electron chi connectivity index (χ0n) is 18.1. The van der Waals surface area contributed by atoms with Gasteiger partial charge in [0.05, 0.1) is 10.8 Å². The van der Waals surface area contributed by atoms with Gasteiger partial charge in [-0.25, -0.2) is 8.42 Å². The van der Waals surface area contributed by atoms with Crippen LogP contribution < -0.4 is 5.32 Å². The van der Waals surface area contributed by atoms with Gasteiger partial charge < -0.3 is 9.84 Å². The summed E-state index contributed by atoms with van der Waals surface area (Å²) >= 11 is 0. The maximum absolute atomic E-state index is 13.5. The van der Waals surface area contributed by atoms with Crippen molar-refractivity contribution in [2.75, 3.05) is 13.1 Å². The minimum absolute atomic E-state index is 0.0143. The molecule has 1 N–H and O–H groups in total. The van der Waals surface area contributed by atoms with E-state index in [2.05, 4.69) is 15.5 Å². The van der Waals surface area contributed by atoms with Gasteiger partial charge in [0.25, 0.3) is 0 Å². The number of nitrogens with zero attached hydrogens (tertiary/aromatic N) is 3. The van der Waals surface area contributed by atoms with Gasteiger partial charge in [0, 0.05) is 31.6 Å². The van der Waals surface area contributed by atoms with Crippen molar-refractivity contribution in [1.82, 2.24) is 19.8 Å². The molecule has 0 radical (unpaired) electrons. The normalized spacial score (nSPS) is 21.2. The number of aromatic nitrogens is 2. The molecule has 31 heavy (non-hydrogen) atoms. The Balaban J connectivity index is 1.52. The highest BCUT2D eigenvalue weighted by atomic mass is 32.2. The Morgan fingerprint density at radius 3 is 2.61 bits per heavy atom. The van der Waals surface area contributed by atoms with E-state index in [4.69, 9.17) is 4.52 Å². The number of hydrogen-bond donors (Lipinski definition) is 1. The molecule has 1 aromatic carbocycles. The van der Waals surface area contributed by atoms with Gasteiger partial charge in [-0.2, -0.15) is 9.29 Å². The fourth-order valence-corrected chi connectivity index (χ4v) is 6.29. The van der Waals surface area contributed by atoms with Gasteiger partial charge in [-0.1, -0.05) is 36.6 Å². The summed E-state index contributed by atoms with van der Waals surface area (Å²) in [5.74, 6) is 0.452. The van der Waals surface area contributed by atoms with Crippen molar-refractivity contribution < 1.29 is 17.7 Å². The van der Waals surface area contributed by atoms with E-state index < -0.39 is 10.0 Å². The van der Waals surface area contributed by atoms with Crippen molar-refractivity contribution in [3.05, 3.63) is 29.7 Å². The van der Waals surface area contributed by atoms with Crippen LogP contribution in [-0.2, 0) is 14.8 Å². The van der Waals surface area contributed by atoms with Crippen LogP contribution in [0.2, 0.25) is 0 Å². The van der Waals surface area contributed by atoms with Crippen LogP contribution in [0, 0.1) is 19.8 Å². The molecule has 1 amide bonds. The average molecular weight is 447 g/mol. The quantitative estimate of drug-likeness (QED) is 0.756. The molecule has 0 bridgehead atoms. The van der Waals surface area contributed by atoms with Crippen LogP contribution >= 0.6 is 0 Å². The smallest absolute Gasteiger partial charge is 0.243 e. The topological polar surface area (TPSA) is 105 Å². The molecule has 1 aliphatic carbocycles. The molecule has 0 spiro atoms. The number of rotatable bonds is 5. The first-order chi connectivity index (χ1) is 14.8. The zero-order valence-corrected chi connectivity index (χ0v) is 19.0. The number of nitrogens with one attached hydrogen (secondary N) is 1. The van der Waals surface area contributed by atoms with E-state index in [1.807, 2.05) is 0 Å². The van der Waals surface area contributed by atoms with E-state index in [1.165, 1.54) is 10.7 Å². The highest BCUT2D eigenvalue weighted by Crippen LogP contribution is 2.29. The van der Waals surface area contributed by atoms with Crippen molar-refractivity contribution in [1.29, 1.82) is 0 Å². The second-order valence-electron chi connectivity index (χ2n) is 8.66. The molecule has 1 saturated carbocycles. The summed E-state index contributed by atoms with van der Waals surface area (Å²) in [6.07, 6.45) is 6.93. The summed E-state index contributed by atoms with van der Waals surface area (Å²) in [6.45, 7) is 4.09. The first-order valence-electron chi connectivity index (χ1n) is 11.1. The first-order valence-corrected chi connectivity index (χ1v) is 12.5. The monoisotopic (exact) mass is 446 g/mol. The second-order valence-corrected chi connectivity index (χ2v) is 10.6. The fourth-order valence-electron chi connectivity index (χ4n) is 4.51. The lowest BCUT2D eigenvalue weighted by Gasteiger charge is -2.33. The molecule has 1 aromatic heterocycles. The Bertz CT molecular complexity index is 1040. The van der Waals surface area contributed by atoms with Crippen molar-refractivity contribution in [3.8, 4) is 11.4 Å². The summed E-state index contributed by atoms with van der Waals surface area (Å²) in [7, 11) is -3.75. The molecule has 1 saturated heterocycles. The van der Waals surface area contributed by atoms with Gasteiger partial charge in [-0.3, -0.25) is 4.79 Å². The average Bonchev–Trinajstić information content (AvgIpc) is 3.21. The number of carbonyl (C=O) groups is 1. The van der Waals surface area contributed by atoms with Crippen LogP contribution in [0.1, 0.15) is 56.4 Å². The molecule has 9 heteroatoms. The van der Waals surface area contributed by atoms with Crippen LogP contribution in [0.4, 0.5) is 0 Å². The second kappa shape index (κ2) is 9.08. The van der Waals surface area contributed by atoms with E-state index in [-0.39, 0.29) is 29.3 Å². The van der Waals surface area contributed by atoms with E-state index in [1.54, 1.807) is 32.0 Å². The lowest BCUT2D eigenvalue weighted by Crippen LogP contribution is -2.47. The van der Waals surface area contributed by atoms with Crippen molar-refractivity contribution in [3.63, 3.8) is 0 Å². The molecule has 2 heterocycles. The number of sulfonamides is 1. The van der Waals surface area contributed by atoms with Gasteiger partial charge in [0.15, 0.2) is 0 Å². The Morgan fingerprint density at radius 2 is 1.90 bits per heavy atom. The Labute approximate surface area is 183 Å². The van der Waals surface area contributed by atoms with E-state index in [9.17, 15) is 13.2 Å². The molecule has 8 nitrogen and oxygen atoms in total. The Hall–Kier alpha value is -2.26. The summed E-state index contributed by atoms with van der Waals surface area (Å²) < 4.78 is 33.5. The summed E-state index contributed by atoms with van der Waals surface area (Å²) in [4.78, 5) is 17.2. The Morgan fingerprint density at radius 1 is 1.13 bits per heavy atom. The van der Waals surface area contributed by atoms with E-state index in [0.29, 0.717) is 42.2 Å². The highest BCUT2D eigenvalue weighted by Gasteiger charge is 2.35. The zero-order chi connectivity index (χ0) is 22.0. The summed E-state index contributed by atoms with van der Waals surface area (Å²) in [5, 5.41) is 7.05.